The van der Waals surface area contributed by atoms with Gasteiger partial charge in [0.25, 0.3) is 0 Å². The monoisotopic (exact) mass is 332 g/mol. The number of amides is 1. The maximum absolute atomic E-state index is 14.6. The van der Waals surface area contributed by atoms with Gasteiger partial charge < -0.3 is 16.8 Å². The van der Waals surface area contributed by atoms with Crippen LogP contribution in [0.15, 0.2) is 28.2 Å². The molecule has 1 saturated carbocycles. The van der Waals surface area contributed by atoms with Crippen LogP contribution in [0.5, 0.6) is 0 Å². The molecule has 1 spiro atoms. The normalized spacial score (nSPS) is 19.7. The number of benzene rings is 1. The van der Waals surface area contributed by atoms with E-state index in [4.69, 9.17) is 11.5 Å². The Balaban J connectivity index is 2.08. The van der Waals surface area contributed by atoms with Crippen molar-refractivity contribution in [1.82, 2.24) is 0 Å². The fraction of sp³-hybridized carbons (Fsp3) is 0.438. The summed E-state index contributed by atoms with van der Waals surface area (Å²) < 4.78 is 14.6. The van der Waals surface area contributed by atoms with E-state index < -0.39 is 11.5 Å². The van der Waals surface area contributed by atoms with E-state index in [0.717, 1.165) is 19.3 Å². The standard InChI is InChI=1S/C16H21FN6O/c1-10(24)20-11-5-6-12(17)13(9-11)23-15(19)21-14(18)22-16(23)7-3-2-4-8-16/h5-6,9H,2-4,7-8H2,1H3,(H,20,24)(H4,18,19,21,22). The van der Waals surface area contributed by atoms with Crippen LogP contribution in [0.25, 0.3) is 0 Å². The lowest BCUT2D eigenvalue weighted by Gasteiger charge is -2.45. The molecule has 2 aliphatic rings. The largest absolute Gasteiger partial charge is 0.369 e. The van der Waals surface area contributed by atoms with Crippen LogP contribution < -0.4 is 21.7 Å². The molecule has 7 nitrogen and oxygen atoms in total. The van der Waals surface area contributed by atoms with Gasteiger partial charge >= 0.3 is 0 Å². The first-order valence-corrected chi connectivity index (χ1v) is 7.98. The molecule has 1 aromatic carbocycles. The zero-order valence-corrected chi connectivity index (χ0v) is 13.6. The number of guanidine groups is 2. The third kappa shape index (κ3) is 2.91. The summed E-state index contributed by atoms with van der Waals surface area (Å²) in [4.78, 5) is 21.4. The fourth-order valence-corrected chi connectivity index (χ4v) is 3.43. The Morgan fingerprint density at radius 3 is 2.67 bits per heavy atom. The minimum absolute atomic E-state index is 0.114. The fourth-order valence-electron chi connectivity index (χ4n) is 3.43. The number of halogens is 1. The average molecular weight is 332 g/mol. The van der Waals surface area contributed by atoms with Crippen molar-refractivity contribution < 1.29 is 9.18 Å². The summed E-state index contributed by atoms with van der Waals surface area (Å²) in [6, 6.07) is 4.35. The van der Waals surface area contributed by atoms with Gasteiger partial charge in [-0.25, -0.2) is 9.38 Å². The van der Waals surface area contributed by atoms with E-state index in [1.54, 1.807) is 11.0 Å². The van der Waals surface area contributed by atoms with Gasteiger partial charge in [0.05, 0.1) is 5.69 Å². The molecule has 3 rings (SSSR count). The van der Waals surface area contributed by atoms with Crippen LogP contribution in [0.2, 0.25) is 0 Å². The van der Waals surface area contributed by atoms with Crippen LogP contribution in [0.1, 0.15) is 39.0 Å². The van der Waals surface area contributed by atoms with Crippen molar-refractivity contribution in [2.75, 3.05) is 10.2 Å². The van der Waals surface area contributed by atoms with Crippen molar-refractivity contribution in [3.05, 3.63) is 24.0 Å². The molecule has 1 heterocycles. The summed E-state index contributed by atoms with van der Waals surface area (Å²) >= 11 is 0. The number of carbonyl (C=O) groups is 1. The molecular formula is C16H21FN6O. The molecule has 5 N–H and O–H groups in total. The van der Waals surface area contributed by atoms with Gasteiger partial charge in [-0.15, -0.1) is 0 Å². The number of nitrogens with zero attached hydrogens (tertiary/aromatic N) is 3. The molecule has 0 radical (unpaired) electrons. The molecule has 0 aromatic heterocycles. The second kappa shape index (κ2) is 6.10. The smallest absolute Gasteiger partial charge is 0.221 e. The first-order valence-electron chi connectivity index (χ1n) is 7.98. The molecule has 1 fully saturated rings. The first-order chi connectivity index (χ1) is 11.4. The van der Waals surface area contributed by atoms with Gasteiger partial charge in [0.15, 0.2) is 0 Å². The second-order valence-corrected chi connectivity index (χ2v) is 6.17. The highest BCUT2D eigenvalue weighted by Crippen LogP contribution is 2.40. The van der Waals surface area contributed by atoms with E-state index in [9.17, 15) is 9.18 Å². The van der Waals surface area contributed by atoms with Crippen molar-refractivity contribution in [1.29, 1.82) is 0 Å². The van der Waals surface area contributed by atoms with Crippen LogP contribution in [0.4, 0.5) is 15.8 Å². The van der Waals surface area contributed by atoms with E-state index in [1.165, 1.54) is 19.1 Å². The highest BCUT2D eigenvalue weighted by atomic mass is 19.1. The van der Waals surface area contributed by atoms with Gasteiger partial charge in [-0.1, -0.05) is 6.42 Å². The lowest BCUT2D eigenvalue weighted by molar-refractivity contribution is -0.114. The third-order valence-corrected chi connectivity index (χ3v) is 4.36. The minimum Gasteiger partial charge on any atom is -0.369 e. The van der Waals surface area contributed by atoms with Crippen molar-refractivity contribution in [3.8, 4) is 0 Å². The predicted octanol–water partition coefficient (Wildman–Crippen LogP) is 1.89. The molecule has 0 unspecified atom stereocenters. The number of rotatable bonds is 2. The average Bonchev–Trinajstić information content (AvgIpc) is 2.50. The molecule has 1 aromatic rings. The summed E-state index contributed by atoms with van der Waals surface area (Å²) in [7, 11) is 0. The number of aliphatic imine (C=N–C) groups is 2. The Labute approximate surface area is 139 Å². The van der Waals surface area contributed by atoms with Gasteiger partial charge in [0.1, 0.15) is 11.5 Å². The molecule has 0 saturated heterocycles. The number of nitrogens with one attached hydrogen (secondary N) is 1. The predicted molar refractivity (Wildman–Crippen MR) is 92.2 cm³/mol. The lowest BCUT2D eigenvalue weighted by atomic mass is 9.87. The van der Waals surface area contributed by atoms with E-state index >= 15 is 0 Å². The lowest BCUT2D eigenvalue weighted by Crippen LogP contribution is -2.58. The van der Waals surface area contributed by atoms with Crippen LogP contribution in [0.3, 0.4) is 0 Å². The van der Waals surface area contributed by atoms with Crippen LogP contribution in [-0.4, -0.2) is 23.5 Å². The number of hydrogen-bond donors (Lipinski definition) is 3. The van der Waals surface area contributed by atoms with Crippen LogP contribution in [0, 0.1) is 5.82 Å². The number of hydrogen-bond acceptors (Lipinski definition) is 6. The Hall–Kier alpha value is -2.64. The Kier molecular flexibility index (Phi) is 4.13. The van der Waals surface area contributed by atoms with Crippen molar-refractivity contribution in [2.45, 2.75) is 44.7 Å². The summed E-state index contributed by atoms with van der Waals surface area (Å²) in [5, 5.41) is 2.65. The van der Waals surface area contributed by atoms with Gasteiger partial charge in [-0.05, 0) is 43.9 Å². The highest BCUT2D eigenvalue weighted by molar-refractivity contribution is 6.06. The maximum Gasteiger partial charge on any atom is 0.221 e. The Morgan fingerprint density at radius 2 is 2.00 bits per heavy atom. The van der Waals surface area contributed by atoms with E-state index in [1.807, 2.05) is 0 Å². The second-order valence-electron chi connectivity index (χ2n) is 6.17. The topological polar surface area (TPSA) is 109 Å². The van der Waals surface area contributed by atoms with E-state index in [2.05, 4.69) is 15.3 Å². The maximum atomic E-state index is 14.6. The third-order valence-electron chi connectivity index (χ3n) is 4.36. The number of carbonyl (C=O) groups excluding carboxylic acids is 1. The molecule has 24 heavy (non-hydrogen) atoms. The molecular weight excluding hydrogens is 311 g/mol. The zero-order chi connectivity index (χ0) is 17.3. The van der Waals surface area contributed by atoms with Gasteiger partial charge in [0.2, 0.25) is 17.8 Å². The van der Waals surface area contributed by atoms with E-state index in [0.29, 0.717) is 18.5 Å². The summed E-state index contributed by atoms with van der Waals surface area (Å²) in [5.41, 5.74) is 11.9. The molecule has 0 bridgehead atoms. The summed E-state index contributed by atoms with van der Waals surface area (Å²) in [6.07, 6.45) is 4.43. The van der Waals surface area contributed by atoms with Crippen molar-refractivity contribution in [2.24, 2.45) is 21.5 Å². The molecule has 1 aliphatic heterocycles. The van der Waals surface area contributed by atoms with Crippen LogP contribution >= 0.6 is 0 Å². The Morgan fingerprint density at radius 1 is 1.29 bits per heavy atom. The molecule has 1 aliphatic carbocycles. The Bertz CT molecular complexity index is 723. The van der Waals surface area contributed by atoms with Gasteiger partial charge in [0, 0.05) is 12.6 Å². The molecule has 1 amide bonds. The van der Waals surface area contributed by atoms with Crippen LogP contribution in [-0.2, 0) is 4.79 Å². The van der Waals surface area contributed by atoms with Gasteiger partial charge in [-0.2, -0.15) is 4.99 Å². The minimum atomic E-state index is -0.718. The quantitative estimate of drug-likeness (QED) is 0.768. The number of anilines is 2. The molecule has 0 atom stereocenters. The SMILES string of the molecule is CC(=O)Nc1ccc(F)c(N2C(N)=NC(N)=NC23CCCCC3)c1. The van der Waals surface area contributed by atoms with Crippen molar-refractivity contribution in [3.63, 3.8) is 0 Å². The number of nitrogens with two attached hydrogens (primary N) is 2. The summed E-state index contributed by atoms with van der Waals surface area (Å²) in [6.45, 7) is 1.40. The van der Waals surface area contributed by atoms with Crippen molar-refractivity contribution >= 4 is 29.2 Å². The summed E-state index contributed by atoms with van der Waals surface area (Å²) in [5.74, 6) is -0.460. The molecule has 128 valence electrons. The molecule has 8 heteroatoms. The highest BCUT2D eigenvalue weighted by Gasteiger charge is 2.43. The van der Waals surface area contributed by atoms with E-state index in [-0.39, 0.29) is 23.5 Å². The first kappa shape index (κ1) is 16.2. The van der Waals surface area contributed by atoms with Gasteiger partial charge in [-0.3, -0.25) is 9.69 Å². The zero-order valence-electron chi connectivity index (χ0n) is 13.6.